The van der Waals surface area contributed by atoms with E-state index in [-0.39, 0.29) is 0 Å². The van der Waals surface area contributed by atoms with Gasteiger partial charge in [0.05, 0.1) is 0 Å². The third-order valence-electron chi connectivity index (χ3n) is 3.09. The molecule has 0 fully saturated rings. The van der Waals surface area contributed by atoms with Gasteiger partial charge in [-0.25, -0.2) is 4.99 Å². The monoisotopic (exact) mass is 321 g/mol. The van der Waals surface area contributed by atoms with Gasteiger partial charge in [-0.1, -0.05) is 48.0 Å². The maximum Gasteiger partial charge on any atom is 0.193 e. The summed E-state index contributed by atoms with van der Waals surface area (Å²) in [7, 11) is 0. The first kappa shape index (κ1) is 14.8. The zero-order chi connectivity index (χ0) is 16.1. The van der Waals surface area contributed by atoms with E-state index in [9.17, 15) is 5.26 Å². The standard InChI is InChI=1S/C17H12ClN5/c18-13-7-4-8-14(9-13)21-17-15(10-19)16(22-23-17)20-11-12-5-2-1-3-6-12/h1-9,11H,(H2,21,22,23). The van der Waals surface area contributed by atoms with Crippen LogP contribution in [0.5, 0.6) is 0 Å². The highest BCUT2D eigenvalue weighted by Gasteiger charge is 2.12. The molecule has 2 N–H and O–H groups in total. The molecule has 0 bridgehead atoms. The number of nitrogens with one attached hydrogen (secondary N) is 2. The fourth-order valence-electron chi connectivity index (χ4n) is 2.01. The van der Waals surface area contributed by atoms with Gasteiger partial charge in [-0.05, 0) is 23.8 Å². The van der Waals surface area contributed by atoms with E-state index in [4.69, 9.17) is 11.6 Å². The van der Waals surface area contributed by atoms with Crippen molar-refractivity contribution < 1.29 is 0 Å². The van der Waals surface area contributed by atoms with Gasteiger partial charge in [0.15, 0.2) is 5.82 Å². The number of benzene rings is 2. The summed E-state index contributed by atoms with van der Waals surface area (Å²) in [5, 5.41) is 19.9. The lowest BCUT2D eigenvalue weighted by atomic mass is 10.2. The lowest BCUT2D eigenvalue weighted by Gasteiger charge is -2.03. The van der Waals surface area contributed by atoms with Crippen LogP contribution in [0.1, 0.15) is 11.1 Å². The third kappa shape index (κ3) is 3.57. The van der Waals surface area contributed by atoms with Crippen molar-refractivity contribution in [2.75, 3.05) is 5.32 Å². The van der Waals surface area contributed by atoms with Crippen molar-refractivity contribution in [3.8, 4) is 6.07 Å². The van der Waals surface area contributed by atoms with Crippen molar-refractivity contribution >= 4 is 35.1 Å². The molecule has 0 amide bonds. The highest BCUT2D eigenvalue weighted by Crippen LogP contribution is 2.26. The molecule has 6 heteroatoms. The summed E-state index contributed by atoms with van der Waals surface area (Å²) in [6.45, 7) is 0. The van der Waals surface area contributed by atoms with Crippen LogP contribution in [-0.2, 0) is 0 Å². The Labute approximate surface area is 138 Å². The minimum atomic E-state index is 0.334. The molecule has 0 aliphatic rings. The molecule has 23 heavy (non-hydrogen) atoms. The van der Waals surface area contributed by atoms with Crippen molar-refractivity contribution in [1.29, 1.82) is 5.26 Å². The lowest BCUT2D eigenvalue weighted by molar-refractivity contribution is 1.09. The summed E-state index contributed by atoms with van der Waals surface area (Å²) in [5.41, 5.74) is 2.04. The van der Waals surface area contributed by atoms with Crippen LogP contribution in [0.2, 0.25) is 5.02 Å². The number of hydrogen-bond acceptors (Lipinski definition) is 4. The normalized spacial score (nSPS) is 10.6. The van der Waals surface area contributed by atoms with E-state index in [1.54, 1.807) is 18.3 Å². The topological polar surface area (TPSA) is 76.9 Å². The van der Waals surface area contributed by atoms with E-state index in [2.05, 4.69) is 26.6 Å². The van der Waals surface area contributed by atoms with Crippen LogP contribution in [0.3, 0.4) is 0 Å². The molecule has 0 radical (unpaired) electrons. The summed E-state index contributed by atoms with van der Waals surface area (Å²) in [4.78, 5) is 4.27. The molecular weight excluding hydrogens is 310 g/mol. The molecule has 3 rings (SSSR count). The lowest BCUT2D eigenvalue weighted by Crippen LogP contribution is -1.92. The smallest absolute Gasteiger partial charge is 0.193 e. The Kier molecular flexibility index (Phi) is 4.37. The second kappa shape index (κ2) is 6.77. The highest BCUT2D eigenvalue weighted by molar-refractivity contribution is 6.30. The molecule has 0 unspecified atom stereocenters. The number of nitrogens with zero attached hydrogens (tertiary/aromatic N) is 3. The molecule has 5 nitrogen and oxygen atoms in total. The largest absolute Gasteiger partial charge is 0.339 e. The minimum absolute atomic E-state index is 0.334. The Morgan fingerprint density at radius 1 is 1.17 bits per heavy atom. The number of H-pyrrole nitrogens is 1. The minimum Gasteiger partial charge on any atom is -0.339 e. The molecule has 2 aromatic carbocycles. The number of hydrogen-bond donors (Lipinski definition) is 2. The van der Waals surface area contributed by atoms with Crippen LogP contribution >= 0.6 is 11.6 Å². The molecule has 0 atom stereocenters. The molecule has 1 aromatic heterocycles. The summed E-state index contributed by atoms with van der Waals surface area (Å²) in [6, 6.07) is 18.9. The number of anilines is 2. The van der Waals surface area contributed by atoms with Gasteiger partial charge in [-0.3, -0.25) is 5.10 Å². The van der Waals surface area contributed by atoms with Crippen LogP contribution in [0.4, 0.5) is 17.3 Å². The third-order valence-corrected chi connectivity index (χ3v) is 3.32. The number of aliphatic imine (C=N–C) groups is 1. The quantitative estimate of drug-likeness (QED) is 0.698. The summed E-state index contributed by atoms with van der Waals surface area (Å²) < 4.78 is 0. The number of halogens is 1. The first-order valence-corrected chi connectivity index (χ1v) is 7.24. The molecule has 0 saturated heterocycles. The molecule has 0 saturated carbocycles. The summed E-state index contributed by atoms with van der Waals surface area (Å²) in [6.07, 6.45) is 1.67. The first-order chi connectivity index (χ1) is 11.3. The number of aromatic amines is 1. The second-order valence-electron chi connectivity index (χ2n) is 4.71. The van der Waals surface area contributed by atoms with Gasteiger partial charge < -0.3 is 5.32 Å². The van der Waals surface area contributed by atoms with Gasteiger partial charge in [-0.2, -0.15) is 10.4 Å². The van der Waals surface area contributed by atoms with Crippen LogP contribution < -0.4 is 5.32 Å². The zero-order valence-electron chi connectivity index (χ0n) is 12.0. The van der Waals surface area contributed by atoms with Crippen molar-refractivity contribution in [2.24, 2.45) is 4.99 Å². The molecule has 112 valence electrons. The Morgan fingerprint density at radius 3 is 2.74 bits per heavy atom. The molecule has 0 aliphatic carbocycles. The van der Waals surface area contributed by atoms with Gasteiger partial charge in [0.1, 0.15) is 17.5 Å². The van der Waals surface area contributed by atoms with Crippen LogP contribution in [-0.4, -0.2) is 16.4 Å². The van der Waals surface area contributed by atoms with E-state index in [1.165, 1.54) is 0 Å². The molecule has 1 heterocycles. The Bertz CT molecular complexity index is 877. The van der Waals surface area contributed by atoms with Crippen molar-refractivity contribution in [1.82, 2.24) is 10.2 Å². The average Bonchev–Trinajstić information content (AvgIpc) is 2.95. The van der Waals surface area contributed by atoms with Crippen LogP contribution in [0, 0.1) is 11.3 Å². The van der Waals surface area contributed by atoms with Crippen molar-refractivity contribution in [3.63, 3.8) is 0 Å². The van der Waals surface area contributed by atoms with Crippen LogP contribution in [0.15, 0.2) is 59.6 Å². The fraction of sp³-hybridized carbons (Fsp3) is 0. The molecule has 0 spiro atoms. The van der Waals surface area contributed by atoms with Crippen LogP contribution in [0.25, 0.3) is 0 Å². The van der Waals surface area contributed by atoms with E-state index < -0.39 is 0 Å². The highest BCUT2D eigenvalue weighted by atomic mass is 35.5. The van der Waals surface area contributed by atoms with Gasteiger partial charge in [-0.15, -0.1) is 0 Å². The van der Waals surface area contributed by atoms with Gasteiger partial charge in [0.2, 0.25) is 0 Å². The number of nitriles is 1. The number of rotatable bonds is 4. The maximum absolute atomic E-state index is 9.37. The SMILES string of the molecule is N#Cc1c(N=Cc2ccccc2)n[nH]c1Nc1cccc(Cl)c1. The zero-order valence-corrected chi connectivity index (χ0v) is 12.7. The maximum atomic E-state index is 9.37. The van der Waals surface area contributed by atoms with Crippen molar-refractivity contribution in [3.05, 3.63) is 70.7 Å². The van der Waals surface area contributed by atoms with Gasteiger partial charge in [0, 0.05) is 16.9 Å². The average molecular weight is 322 g/mol. The predicted octanol–water partition coefficient (Wildman–Crippen LogP) is 4.43. The van der Waals surface area contributed by atoms with E-state index in [0.717, 1.165) is 11.3 Å². The fourth-order valence-corrected chi connectivity index (χ4v) is 2.20. The Morgan fingerprint density at radius 2 is 2.00 bits per heavy atom. The van der Waals surface area contributed by atoms with E-state index in [1.807, 2.05) is 42.5 Å². The summed E-state index contributed by atoms with van der Waals surface area (Å²) in [5.74, 6) is 0.816. The number of aromatic nitrogens is 2. The predicted molar refractivity (Wildman–Crippen MR) is 91.7 cm³/mol. The molecule has 0 aliphatic heterocycles. The first-order valence-electron chi connectivity index (χ1n) is 6.86. The van der Waals surface area contributed by atoms with E-state index in [0.29, 0.717) is 22.2 Å². The Balaban J connectivity index is 1.85. The molecule has 3 aromatic rings. The van der Waals surface area contributed by atoms with Gasteiger partial charge in [0.25, 0.3) is 0 Å². The Hall–Kier alpha value is -3.10. The van der Waals surface area contributed by atoms with Crippen molar-refractivity contribution in [2.45, 2.75) is 0 Å². The summed E-state index contributed by atoms with van der Waals surface area (Å²) >= 11 is 5.95. The molecular formula is C17H12ClN5. The second-order valence-corrected chi connectivity index (χ2v) is 5.15. The van der Waals surface area contributed by atoms with Gasteiger partial charge >= 0.3 is 0 Å². The van der Waals surface area contributed by atoms with E-state index >= 15 is 0 Å².